The van der Waals surface area contributed by atoms with Crippen molar-refractivity contribution in [3.63, 3.8) is 0 Å². The van der Waals surface area contributed by atoms with Crippen LogP contribution >= 0.6 is 0 Å². The number of nitrogens with two attached hydrogens (primary N) is 1. The van der Waals surface area contributed by atoms with E-state index in [1.54, 1.807) is 24.3 Å². The summed E-state index contributed by atoms with van der Waals surface area (Å²) in [6.07, 6.45) is 1.95. The molecule has 0 fully saturated rings. The summed E-state index contributed by atoms with van der Waals surface area (Å²) in [7, 11) is 0. The number of hydrogen-bond donors (Lipinski definition) is 2. The van der Waals surface area contributed by atoms with Gasteiger partial charge in [0.15, 0.2) is 0 Å². The smallest absolute Gasteiger partial charge is 0.251 e. The Morgan fingerprint density at radius 3 is 2.32 bits per heavy atom. The lowest BCUT2D eigenvalue weighted by Gasteiger charge is -2.32. The lowest BCUT2D eigenvalue weighted by Crippen LogP contribution is -2.40. The van der Waals surface area contributed by atoms with E-state index in [1.165, 1.54) is 5.56 Å². The maximum Gasteiger partial charge on any atom is 0.251 e. The third kappa shape index (κ3) is 3.48. The molecule has 2 aromatic carbocycles. The van der Waals surface area contributed by atoms with Crippen molar-refractivity contribution < 1.29 is 4.79 Å². The molecule has 0 heterocycles. The van der Waals surface area contributed by atoms with Crippen LogP contribution in [0.5, 0.6) is 0 Å². The standard InChI is InChI=1S/C19H24N2O/c1-3-19(4-2,16-10-6-5-7-11-16)14-21-18(22)15-9-8-12-17(20)13-15/h5-13H,3-4,14,20H2,1-2H3,(H,21,22). The van der Waals surface area contributed by atoms with Crippen LogP contribution in [0.3, 0.4) is 0 Å². The van der Waals surface area contributed by atoms with Crippen LogP contribution in [0.4, 0.5) is 5.69 Å². The summed E-state index contributed by atoms with van der Waals surface area (Å²) in [5.74, 6) is -0.0745. The van der Waals surface area contributed by atoms with Crippen LogP contribution in [0.15, 0.2) is 54.6 Å². The summed E-state index contributed by atoms with van der Waals surface area (Å²) in [6.45, 7) is 4.96. The van der Waals surface area contributed by atoms with Crippen molar-refractivity contribution in [2.45, 2.75) is 32.1 Å². The summed E-state index contributed by atoms with van der Waals surface area (Å²) in [4.78, 5) is 12.3. The zero-order chi connectivity index (χ0) is 16.0. The molecule has 3 nitrogen and oxygen atoms in total. The van der Waals surface area contributed by atoms with Gasteiger partial charge in [0.2, 0.25) is 0 Å². The molecule has 0 aliphatic rings. The fraction of sp³-hybridized carbons (Fsp3) is 0.316. The number of anilines is 1. The van der Waals surface area contributed by atoms with Crippen molar-refractivity contribution in [2.24, 2.45) is 0 Å². The Balaban J connectivity index is 2.14. The van der Waals surface area contributed by atoms with Gasteiger partial charge >= 0.3 is 0 Å². The van der Waals surface area contributed by atoms with E-state index in [4.69, 9.17) is 5.73 Å². The number of carbonyl (C=O) groups is 1. The highest BCUT2D eigenvalue weighted by Gasteiger charge is 2.28. The van der Waals surface area contributed by atoms with Crippen LogP contribution in [-0.2, 0) is 5.41 Å². The SMILES string of the molecule is CCC(CC)(CNC(=O)c1cccc(N)c1)c1ccccc1. The predicted octanol–water partition coefficient (Wildman–Crippen LogP) is 3.76. The molecule has 0 aromatic heterocycles. The summed E-state index contributed by atoms with van der Waals surface area (Å²) in [5, 5.41) is 3.07. The van der Waals surface area contributed by atoms with E-state index in [-0.39, 0.29) is 11.3 Å². The van der Waals surface area contributed by atoms with Crippen molar-refractivity contribution in [1.29, 1.82) is 0 Å². The molecule has 0 aliphatic heterocycles. The molecule has 3 heteroatoms. The quantitative estimate of drug-likeness (QED) is 0.798. The van der Waals surface area contributed by atoms with E-state index in [2.05, 4.69) is 43.4 Å². The first-order chi connectivity index (χ1) is 10.6. The van der Waals surface area contributed by atoms with Gasteiger partial charge in [0.25, 0.3) is 5.91 Å². The lowest BCUT2D eigenvalue weighted by atomic mass is 9.76. The molecule has 2 rings (SSSR count). The first-order valence-corrected chi connectivity index (χ1v) is 7.80. The molecule has 22 heavy (non-hydrogen) atoms. The third-order valence-electron chi connectivity index (χ3n) is 4.48. The second-order valence-corrected chi connectivity index (χ2v) is 5.66. The summed E-state index contributed by atoms with van der Waals surface area (Å²) < 4.78 is 0. The second-order valence-electron chi connectivity index (χ2n) is 5.66. The predicted molar refractivity (Wildman–Crippen MR) is 91.9 cm³/mol. The molecule has 116 valence electrons. The minimum atomic E-state index is -0.0745. The highest BCUT2D eigenvalue weighted by atomic mass is 16.1. The molecular weight excluding hydrogens is 272 g/mol. The fourth-order valence-corrected chi connectivity index (χ4v) is 2.83. The van der Waals surface area contributed by atoms with E-state index in [0.717, 1.165) is 12.8 Å². The molecular formula is C19H24N2O. The Bertz CT molecular complexity index is 618. The van der Waals surface area contributed by atoms with Crippen LogP contribution < -0.4 is 11.1 Å². The van der Waals surface area contributed by atoms with Crippen molar-refractivity contribution in [1.82, 2.24) is 5.32 Å². The lowest BCUT2D eigenvalue weighted by molar-refractivity contribution is 0.0941. The zero-order valence-corrected chi connectivity index (χ0v) is 13.3. The average Bonchev–Trinajstić information content (AvgIpc) is 2.57. The highest BCUT2D eigenvalue weighted by molar-refractivity contribution is 5.95. The molecule has 0 radical (unpaired) electrons. The number of rotatable bonds is 6. The van der Waals surface area contributed by atoms with Crippen LogP contribution in [0.2, 0.25) is 0 Å². The van der Waals surface area contributed by atoms with Gasteiger partial charge in [-0.25, -0.2) is 0 Å². The Kier molecular flexibility index (Phi) is 5.21. The Labute approximate surface area is 132 Å². The summed E-state index contributed by atoms with van der Waals surface area (Å²) >= 11 is 0. The van der Waals surface area contributed by atoms with Crippen molar-refractivity contribution >= 4 is 11.6 Å². The Morgan fingerprint density at radius 2 is 1.73 bits per heavy atom. The molecule has 0 saturated heterocycles. The number of amides is 1. The van der Waals surface area contributed by atoms with Gasteiger partial charge in [-0.15, -0.1) is 0 Å². The van der Waals surface area contributed by atoms with E-state index >= 15 is 0 Å². The first kappa shape index (κ1) is 16.1. The van der Waals surface area contributed by atoms with E-state index in [0.29, 0.717) is 17.8 Å². The highest BCUT2D eigenvalue weighted by Crippen LogP contribution is 2.30. The first-order valence-electron chi connectivity index (χ1n) is 7.80. The largest absolute Gasteiger partial charge is 0.399 e. The molecule has 1 amide bonds. The fourth-order valence-electron chi connectivity index (χ4n) is 2.83. The number of benzene rings is 2. The van der Waals surface area contributed by atoms with Gasteiger partial charge < -0.3 is 11.1 Å². The molecule has 0 unspecified atom stereocenters. The van der Waals surface area contributed by atoms with Crippen LogP contribution in [0.25, 0.3) is 0 Å². The summed E-state index contributed by atoms with van der Waals surface area (Å²) in [6, 6.07) is 17.5. The minimum Gasteiger partial charge on any atom is -0.399 e. The van der Waals surface area contributed by atoms with E-state index in [9.17, 15) is 4.79 Å². The number of hydrogen-bond acceptors (Lipinski definition) is 2. The van der Waals surface area contributed by atoms with Gasteiger partial charge in [-0.2, -0.15) is 0 Å². The minimum absolute atomic E-state index is 0.0305. The van der Waals surface area contributed by atoms with Crippen molar-refractivity contribution in [2.75, 3.05) is 12.3 Å². The topological polar surface area (TPSA) is 55.1 Å². The number of carbonyl (C=O) groups excluding carboxylic acids is 1. The zero-order valence-electron chi connectivity index (χ0n) is 13.3. The second kappa shape index (κ2) is 7.12. The van der Waals surface area contributed by atoms with E-state index < -0.39 is 0 Å². The van der Waals surface area contributed by atoms with Gasteiger partial charge in [0, 0.05) is 23.2 Å². The summed E-state index contributed by atoms with van der Waals surface area (Å²) in [5.41, 5.74) is 8.19. The molecule has 0 saturated carbocycles. The number of nitrogens with one attached hydrogen (secondary N) is 1. The molecule has 0 bridgehead atoms. The average molecular weight is 296 g/mol. The van der Waals surface area contributed by atoms with Gasteiger partial charge in [-0.3, -0.25) is 4.79 Å². The monoisotopic (exact) mass is 296 g/mol. The Morgan fingerprint density at radius 1 is 1.05 bits per heavy atom. The van der Waals surface area contributed by atoms with E-state index in [1.807, 2.05) is 6.07 Å². The molecule has 0 aliphatic carbocycles. The normalized spacial score (nSPS) is 11.2. The van der Waals surface area contributed by atoms with Crippen molar-refractivity contribution in [3.05, 3.63) is 65.7 Å². The molecule has 0 atom stereocenters. The van der Waals surface area contributed by atoms with Gasteiger partial charge in [0.05, 0.1) is 0 Å². The maximum absolute atomic E-state index is 12.3. The maximum atomic E-state index is 12.3. The van der Waals surface area contributed by atoms with Crippen LogP contribution in [0, 0.1) is 0 Å². The van der Waals surface area contributed by atoms with Gasteiger partial charge in [-0.05, 0) is 36.6 Å². The van der Waals surface area contributed by atoms with Gasteiger partial charge in [-0.1, -0.05) is 50.2 Å². The van der Waals surface area contributed by atoms with Crippen LogP contribution in [-0.4, -0.2) is 12.5 Å². The number of nitrogen functional groups attached to an aromatic ring is 1. The Hall–Kier alpha value is -2.29. The molecule has 0 spiro atoms. The molecule has 2 aromatic rings. The van der Waals surface area contributed by atoms with Crippen molar-refractivity contribution in [3.8, 4) is 0 Å². The van der Waals surface area contributed by atoms with Gasteiger partial charge in [0.1, 0.15) is 0 Å². The molecule has 3 N–H and O–H groups in total. The van der Waals surface area contributed by atoms with Crippen LogP contribution in [0.1, 0.15) is 42.6 Å². The third-order valence-corrected chi connectivity index (χ3v) is 4.48.